The van der Waals surface area contributed by atoms with E-state index < -0.39 is 30.9 Å². The van der Waals surface area contributed by atoms with E-state index in [-0.39, 0.29) is 11.8 Å². The second-order valence-corrected chi connectivity index (χ2v) is 5.02. The summed E-state index contributed by atoms with van der Waals surface area (Å²) in [6.07, 6.45) is -2.40. The van der Waals surface area contributed by atoms with Gasteiger partial charge in [-0.15, -0.1) is 0 Å². The molecule has 0 aromatic carbocycles. The summed E-state index contributed by atoms with van der Waals surface area (Å²) in [5, 5.41) is 29.0. The summed E-state index contributed by atoms with van der Waals surface area (Å²) >= 11 is 0. The molecule has 1 saturated heterocycles. The van der Waals surface area contributed by atoms with Crippen molar-refractivity contribution in [2.75, 3.05) is 6.61 Å². The molecule has 5 nitrogen and oxygen atoms in total. The lowest BCUT2D eigenvalue weighted by Crippen LogP contribution is -2.63. The van der Waals surface area contributed by atoms with E-state index in [0.29, 0.717) is 0 Å². The molecule has 0 bridgehead atoms. The molecule has 1 aliphatic rings. The van der Waals surface area contributed by atoms with E-state index >= 15 is 0 Å². The quantitative estimate of drug-likeness (QED) is 0.644. The fourth-order valence-electron chi connectivity index (χ4n) is 1.73. The van der Waals surface area contributed by atoms with Crippen LogP contribution in [0.2, 0.25) is 0 Å². The predicted molar refractivity (Wildman–Crippen MR) is 57.5 cm³/mol. The van der Waals surface area contributed by atoms with Crippen LogP contribution in [0.1, 0.15) is 27.7 Å². The van der Waals surface area contributed by atoms with Crippen LogP contribution in [0.25, 0.3) is 0 Å². The number of hydrogen-bond acceptors (Lipinski definition) is 5. The normalized spacial score (nSPS) is 40.7. The van der Waals surface area contributed by atoms with Gasteiger partial charge in [0.05, 0.1) is 12.7 Å². The van der Waals surface area contributed by atoms with Crippen LogP contribution in [0.3, 0.4) is 0 Å². The lowest BCUT2D eigenvalue weighted by atomic mass is 9.94. The average molecular weight is 234 g/mol. The Balaban J connectivity index is 2.89. The Bertz CT molecular complexity index is 230. The third kappa shape index (κ3) is 2.55. The third-order valence-corrected chi connectivity index (χ3v) is 2.81. The SMILES string of the molecule is CC(C)[C@@H]1O[C@H](C(C)C)[C@H](O)[C@](O)(CO)O1. The zero-order chi connectivity index (χ0) is 12.5. The Kier molecular flexibility index (Phi) is 4.31. The summed E-state index contributed by atoms with van der Waals surface area (Å²) in [5.74, 6) is -1.87. The maximum Gasteiger partial charge on any atom is 0.220 e. The molecule has 0 spiro atoms. The van der Waals surface area contributed by atoms with Gasteiger partial charge in [0.25, 0.3) is 0 Å². The molecule has 0 amide bonds. The molecule has 3 N–H and O–H groups in total. The largest absolute Gasteiger partial charge is 0.391 e. The van der Waals surface area contributed by atoms with E-state index in [1.54, 1.807) is 0 Å². The smallest absolute Gasteiger partial charge is 0.220 e. The first-order valence-corrected chi connectivity index (χ1v) is 5.66. The second kappa shape index (κ2) is 4.98. The average Bonchev–Trinajstić information content (AvgIpc) is 2.21. The first-order chi connectivity index (χ1) is 7.31. The van der Waals surface area contributed by atoms with Crippen molar-refractivity contribution in [2.45, 2.75) is 52.0 Å². The van der Waals surface area contributed by atoms with Gasteiger partial charge in [-0.05, 0) is 5.92 Å². The van der Waals surface area contributed by atoms with E-state index in [9.17, 15) is 10.2 Å². The van der Waals surface area contributed by atoms with E-state index in [2.05, 4.69) is 0 Å². The fraction of sp³-hybridized carbons (Fsp3) is 1.00. The Morgan fingerprint density at radius 2 is 1.75 bits per heavy atom. The van der Waals surface area contributed by atoms with Crippen molar-refractivity contribution in [3.05, 3.63) is 0 Å². The molecule has 1 aliphatic heterocycles. The van der Waals surface area contributed by atoms with Crippen molar-refractivity contribution in [3.63, 3.8) is 0 Å². The standard InChI is InChI=1S/C11H22O5/c1-6(2)8-9(13)11(14,5-12)16-10(15-8)7(3)4/h6-10,12-14H,5H2,1-4H3/t8-,9+,10-,11+/m1/s1. The lowest BCUT2D eigenvalue weighted by Gasteiger charge is -2.46. The minimum absolute atomic E-state index is 0.0261. The van der Waals surface area contributed by atoms with Gasteiger partial charge in [-0.3, -0.25) is 0 Å². The minimum Gasteiger partial charge on any atom is -0.391 e. The Labute approximate surface area is 96.0 Å². The molecule has 0 aliphatic carbocycles. The van der Waals surface area contributed by atoms with Crippen LogP contribution in [0.15, 0.2) is 0 Å². The summed E-state index contributed by atoms with van der Waals surface area (Å²) in [6.45, 7) is 6.89. The minimum atomic E-state index is -1.93. The van der Waals surface area contributed by atoms with Crippen LogP contribution in [-0.4, -0.2) is 46.2 Å². The molecule has 1 rings (SSSR count). The highest BCUT2D eigenvalue weighted by Gasteiger charge is 2.50. The number of aliphatic hydroxyl groups is 3. The van der Waals surface area contributed by atoms with E-state index in [1.165, 1.54) is 0 Å². The van der Waals surface area contributed by atoms with Crippen molar-refractivity contribution < 1.29 is 24.8 Å². The monoisotopic (exact) mass is 234 g/mol. The molecule has 5 heteroatoms. The molecule has 1 fully saturated rings. The van der Waals surface area contributed by atoms with Crippen LogP contribution >= 0.6 is 0 Å². The molecule has 0 saturated carbocycles. The summed E-state index contributed by atoms with van der Waals surface area (Å²) in [5.41, 5.74) is 0. The van der Waals surface area contributed by atoms with Crippen LogP contribution in [0.4, 0.5) is 0 Å². The second-order valence-electron chi connectivity index (χ2n) is 5.02. The summed E-state index contributed by atoms with van der Waals surface area (Å²) < 4.78 is 10.8. The fourth-order valence-corrected chi connectivity index (χ4v) is 1.73. The molecule has 0 aromatic rings. The Morgan fingerprint density at radius 1 is 1.19 bits per heavy atom. The van der Waals surface area contributed by atoms with Gasteiger partial charge in [-0.1, -0.05) is 27.7 Å². The maximum atomic E-state index is 9.98. The topological polar surface area (TPSA) is 79.2 Å². The van der Waals surface area contributed by atoms with Gasteiger partial charge in [-0.2, -0.15) is 0 Å². The van der Waals surface area contributed by atoms with Crippen molar-refractivity contribution in [3.8, 4) is 0 Å². The highest BCUT2D eigenvalue weighted by molar-refractivity contribution is 4.89. The van der Waals surface area contributed by atoms with Crippen molar-refractivity contribution in [2.24, 2.45) is 11.8 Å². The van der Waals surface area contributed by atoms with E-state index in [4.69, 9.17) is 14.6 Å². The molecule has 96 valence electrons. The Hall–Kier alpha value is -0.200. The van der Waals surface area contributed by atoms with Gasteiger partial charge in [0, 0.05) is 5.92 Å². The van der Waals surface area contributed by atoms with Gasteiger partial charge in [0.1, 0.15) is 6.10 Å². The van der Waals surface area contributed by atoms with Gasteiger partial charge >= 0.3 is 0 Å². The van der Waals surface area contributed by atoms with Crippen molar-refractivity contribution >= 4 is 0 Å². The number of ether oxygens (including phenoxy) is 2. The summed E-state index contributed by atoms with van der Waals surface area (Å²) in [4.78, 5) is 0. The van der Waals surface area contributed by atoms with Gasteiger partial charge in [0.2, 0.25) is 5.79 Å². The van der Waals surface area contributed by atoms with Crippen molar-refractivity contribution in [1.29, 1.82) is 0 Å². The Morgan fingerprint density at radius 3 is 2.12 bits per heavy atom. The molecule has 4 atom stereocenters. The molecule has 0 unspecified atom stereocenters. The number of rotatable bonds is 3. The van der Waals surface area contributed by atoms with Crippen LogP contribution in [-0.2, 0) is 9.47 Å². The van der Waals surface area contributed by atoms with Crippen LogP contribution < -0.4 is 0 Å². The first-order valence-electron chi connectivity index (χ1n) is 5.66. The third-order valence-electron chi connectivity index (χ3n) is 2.81. The van der Waals surface area contributed by atoms with Crippen LogP contribution in [0, 0.1) is 11.8 Å². The van der Waals surface area contributed by atoms with Crippen LogP contribution in [0.5, 0.6) is 0 Å². The van der Waals surface area contributed by atoms with E-state index in [0.717, 1.165) is 0 Å². The van der Waals surface area contributed by atoms with Gasteiger partial charge in [0.15, 0.2) is 6.29 Å². The molecule has 0 radical (unpaired) electrons. The van der Waals surface area contributed by atoms with E-state index in [1.807, 2.05) is 27.7 Å². The molecule has 1 heterocycles. The summed E-state index contributed by atoms with van der Waals surface area (Å²) in [6, 6.07) is 0. The summed E-state index contributed by atoms with van der Waals surface area (Å²) in [7, 11) is 0. The molecule has 0 aromatic heterocycles. The van der Waals surface area contributed by atoms with Gasteiger partial charge < -0.3 is 24.8 Å². The number of hydrogen-bond donors (Lipinski definition) is 3. The van der Waals surface area contributed by atoms with Crippen molar-refractivity contribution in [1.82, 2.24) is 0 Å². The molecular weight excluding hydrogens is 212 g/mol. The molecule has 16 heavy (non-hydrogen) atoms. The predicted octanol–water partition coefficient (Wildman–Crippen LogP) is 0.0817. The zero-order valence-electron chi connectivity index (χ0n) is 10.3. The number of aliphatic hydroxyl groups excluding tert-OH is 2. The molecular formula is C11H22O5. The highest BCUT2D eigenvalue weighted by Crippen LogP contribution is 2.32. The zero-order valence-corrected chi connectivity index (χ0v) is 10.3. The highest BCUT2D eigenvalue weighted by atomic mass is 16.8. The maximum absolute atomic E-state index is 9.98. The van der Waals surface area contributed by atoms with Gasteiger partial charge in [-0.25, -0.2) is 0 Å². The lowest BCUT2D eigenvalue weighted by molar-refractivity contribution is -0.408. The first kappa shape index (κ1) is 13.9.